The molecule has 1 unspecified atom stereocenters. The lowest BCUT2D eigenvalue weighted by molar-refractivity contribution is -0.141. The van der Waals surface area contributed by atoms with E-state index in [0.717, 1.165) is 27.9 Å². The van der Waals surface area contributed by atoms with Crippen molar-refractivity contribution in [2.24, 2.45) is 5.92 Å². The summed E-state index contributed by atoms with van der Waals surface area (Å²) in [5.74, 6) is 0.119. The zero-order chi connectivity index (χ0) is 15.3. The van der Waals surface area contributed by atoms with Gasteiger partial charge in [0.15, 0.2) is 5.58 Å². The summed E-state index contributed by atoms with van der Waals surface area (Å²) in [5, 5.41) is 11.3. The van der Waals surface area contributed by atoms with Gasteiger partial charge in [0.05, 0.1) is 10.9 Å². The molecule has 0 spiro atoms. The molecule has 2 heterocycles. The van der Waals surface area contributed by atoms with Gasteiger partial charge in [0.2, 0.25) is 0 Å². The van der Waals surface area contributed by atoms with Gasteiger partial charge in [0, 0.05) is 16.3 Å². The van der Waals surface area contributed by atoms with Crippen LogP contribution in [-0.2, 0) is 11.2 Å². The Kier molecular flexibility index (Phi) is 3.21. The molecule has 3 rings (SSSR count). The van der Waals surface area contributed by atoms with Crippen LogP contribution in [0.15, 0.2) is 21.0 Å². The molecule has 21 heavy (non-hydrogen) atoms. The normalized spacial score (nSPS) is 13.1. The lowest BCUT2D eigenvalue weighted by Gasteiger charge is -2.09. The van der Waals surface area contributed by atoms with Crippen molar-refractivity contribution in [1.29, 1.82) is 0 Å². The van der Waals surface area contributed by atoms with Crippen molar-refractivity contribution >= 4 is 39.5 Å². The number of hydrogen-bond donors (Lipinski definition) is 1. The molecule has 0 fully saturated rings. The molecule has 1 atom stereocenters. The molecule has 0 bridgehead atoms. The molecule has 0 saturated heterocycles. The van der Waals surface area contributed by atoms with Crippen LogP contribution in [-0.4, -0.2) is 11.1 Å². The minimum Gasteiger partial charge on any atom is -0.481 e. The van der Waals surface area contributed by atoms with E-state index in [-0.39, 0.29) is 0 Å². The second-order valence-electron chi connectivity index (χ2n) is 5.44. The van der Waals surface area contributed by atoms with Crippen LogP contribution in [0.4, 0.5) is 0 Å². The minimum absolute atomic E-state index is 0.366. The highest BCUT2D eigenvalue weighted by Crippen LogP contribution is 2.40. The zero-order valence-electron chi connectivity index (χ0n) is 12.0. The Labute approximate surface area is 126 Å². The Morgan fingerprint density at radius 2 is 1.76 bits per heavy atom. The van der Waals surface area contributed by atoms with Gasteiger partial charge in [-0.05, 0) is 32.4 Å². The molecule has 4 nitrogen and oxygen atoms in total. The van der Waals surface area contributed by atoms with Crippen molar-refractivity contribution in [1.82, 2.24) is 0 Å². The van der Waals surface area contributed by atoms with Gasteiger partial charge < -0.3 is 13.9 Å². The van der Waals surface area contributed by atoms with E-state index in [9.17, 15) is 9.90 Å². The summed E-state index contributed by atoms with van der Waals surface area (Å²) in [7, 11) is 0. The summed E-state index contributed by atoms with van der Waals surface area (Å²) in [6.07, 6.45) is 0.366. The molecule has 0 aliphatic rings. The average molecular weight is 307 g/mol. The number of benzene rings is 1. The fourth-order valence-corrected chi connectivity index (χ4v) is 2.92. The summed E-state index contributed by atoms with van der Waals surface area (Å²) in [5.41, 5.74) is 2.08. The first-order valence-electron chi connectivity index (χ1n) is 6.72. The molecule has 110 valence electrons. The maximum Gasteiger partial charge on any atom is 0.306 e. The number of rotatable bonds is 3. The second-order valence-corrected chi connectivity index (χ2v) is 5.81. The molecule has 0 saturated carbocycles. The molecule has 0 aliphatic carbocycles. The number of hydrogen-bond acceptors (Lipinski definition) is 3. The Balaban J connectivity index is 2.36. The Morgan fingerprint density at radius 1 is 1.19 bits per heavy atom. The highest BCUT2D eigenvalue weighted by Gasteiger charge is 2.22. The van der Waals surface area contributed by atoms with Crippen LogP contribution in [0.3, 0.4) is 0 Å². The monoisotopic (exact) mass is 306 g/mol. The number of aryl methyl sites for hydroxylation is 2. The number of halogens is 1. The molecule has 2 aromatic heterocycles. The van der Waals surface area contributed by atoms with Crippen molar-refractivity contribution in [3.8, 4) is 0 Å². The molecular formula is C16H15ClO4. The molecule has 0 radical (unpaired) electrons. The van der Waals surface area contributed by atoms with Crippen molar-refractivity contribution in [3.05, 3.63) is 34.2 Å². The van der Waals surface area contributed by atoms with E-state index in [1.807, 2.05) is 26.0 Å². The van der Waals surface area contributed by atoms with E-state index >= 15 is 0 Å². The quantitative estimate of drug-likeness (QED) is 0.761. The average Bonchev–Trinajstić information content (AvgIpc) is 2.97. The van der Waals surface area contributed by atoms with Gasteiger partial charge in [-0.3, -0.25) is 4.79 Å². The van der Waals surface area contributed by atoms with Crippen LogP contribution in [0, 0.1) is 19.8 Å². The molecule has 0 amide bonds. The van der Waals surface area contributed by atoms with Gasteiger partial charge in [-0.25, -0.2) is 0 Å². The molecule has 1 N–H and O–H groups in total. The van der Waals surface area contributed by atoms with Gasteiger partial charge in [-0.15, -0.1) is 0 Å². The van der Waals surface area contributed by atoms with E-state index < -0.39 is 11.9 Å². The minimum atomic E-state index is -0.838. The Bertz CT molecular complexity index is 799. The third-order valence-corrected chi connectivity index (χ3v) is 4.05. The van der Waals surface area contributed by atoms with Gasteiger partial charge in [0.25, 0.3) is 0 Å². The Hall–Kier alpha value is -1.94. The predicted octanol–water partition coefficient (Wildman–Crippen LogP) is 4.71. The van der Waals surface area contributed by atoms with Crippen molar-refractivity contribution in [3.63, 3.8) is 0 Å². The van der Waals surface area contributed by atoms with Crippen molar-refractivity contribution < 1.29 is 18.7 Å². The van der Waals surface area contributed by atoms with Crippen molar-refractivity contribution in [2.45, 2.75) is 27.2 Å². The summed E-state index contributed by atoms with van der Waals surface area (Å²) in [4.78, 5) is 11.2. The van der Waals surface area contributed by atoms with E-state index in [2.05, 4.69) is 0 Å². The number of carbonyl (C=O) groups is 1. The number of carboxylic acids is 1. The first-order chi connectivity index (χ1) is 9.88. The Morgan fingerprint density at radius 3 is 2.38 bits per heavy atom. The SMILES string of the molecule is Cc1cc2c(CC(C)C(=O)O)c3oc(C)cc3c(Cl)c2o1. The third kappa shape index (κ3) is 2.20. The first kappa shape index (κ1) is 14.0. The zero-order valence-corrected chi connectivity index (χ0v) is 12.7. The van der Waals surface area contributed by atoms with E-state index in [1.165, 1.54) is 0 Å². The lowest BCUT2D eigenvalue weighted by atomic mass is 9.96. The van der Waals surface area contributed by atoms with Crippen molar-refractivity contribution in [2.75, 3.05) is 0 Å². The van der Waals surface area contributed by atoms with Crippen LogP contribution in [0.5, 0.6) is 0 Å². The van der Waals surface area contributed by atoms with Crippen LogP contribution >= 0.6 is 11.6 Å². The van der Waals surface area contributed by atoms with E-state index in [1.54, 1.807) is 6.92 Å². The highest BCUT2D eigenvalue weighted by atomic mass is 35.5. The smallest absolute Gasteiger partial charge is 0.306 e. The van der Waals surface area contributed by atoms with Crippen LogP contribution < -0.4 is 0 Å². The van der Waals surface area contributed by atoms with Crippen LogP contribution in [0.1, 0.15) is 24.0 Å². The first-order valence-corrected chi connectivity index (χ1v) is 7.09. The molecule has 5 heteroatoms. The number of fused-ring (bicyclic) bond motifs is 2. The molecule has 1 aromatic carbocycles. The van der Waals surface area contributed by atoms with Crippen LogP contribution in [0.2, 0.25) is 5.02 Å². The summed E-state index contributed by atoms with van der Waals surface area (Å²) < 4.78 is 11.4. The summed E-state index contributed by atoms with van der Waals surface area (Å²) in [6.45, 7) is 5.36. The molecule has 3 aromatic rings. The number of furan rings is 2. The maximum absolute atomic E-state index is 11.2. The highest BCUT2D eigenvalue weighted by molar-refractivity contribution is 6.40. The van der Waals surface area contributed by atoms with Gasteiger partial charge in [0.1, 0.15) is 17.1 Å². The van der Waals surface area contributed by atoms with Gasteiger partial charge in [-0.2, -0.15) is 0 Å². The summed E-state index contributed by atoms with van der Waals surface area (Å²) >= 11 is 6.40. The van der Waals surface area contributed by atoms with E-state index in [0.29, 0.717) is 22.6 Å². The number of aliphatic carboxylic acids is 1. The maximum atomic E-state index is 11.2. The second kappa shape index (κ2) is 4.81. The largest absolute Gasteiger partial charge is 0.481 e. The summed E-state index contributed by atoms with van der Waals surface area (Å²) in [6, 6.07) is 3.73. The van der Waals surface area contributed by atoms with Gasteiger partial charge >= 0.3 is 5.97 Å². The third-order valence-electron chi connectivity index (χ3n) is 3.68. The molecule has 0 aliphatic heterocycles. The van der Waals surface area contributed by atoms with E-state index in [4.69, 9.17) is 20.4 Å². The number of carboxylic acid groups (broad SMARTS) is 1. The standard InChI is InChI=1S/C16H15ClO4/c1-7(16(18)19)4-10-11-5-8(2)21-15(11)13(17)12-6-9(3)20-14(10)12/h5-7H,4H2,1-3H3,(H,18,19). The fraction of sp³-hybridized carbons (Fsp3) is 0.312. The van der Waals surface area contributed by atoms with Gasteiger partial charge in [-0.1, -0.05) is 18.5 Å². The molecular weight excluding hydrogens is 292 g/mol. The lowest BCUT2D eigenvalue weighted by Crippen LogP contribution is -2.12. The fourth-order valence-electron chi connectivity index (χ4n) is 2.64. The topological polar surface area (TPSA) is 63.6 Å². The van der Waals surface area contributed by atoms with Crippen LogP contribution in [0.25, 0.3) is 21.9 Å². The predicted molar refractivity (Wildman–Crippen MR) is 81.0 cm³/mol.